The number of allylic oxidation sites excluding steroid dienone is 4. The Morgan fingerprint density at radius 3 is 2.13 bits per heavy atom. The first kappa shape index (κ1) is 19.1. The van der Waals surface area contributed by atoms with Gasteiger partial charge in [0.2, 0.25) is 0 Å². The van der Waals surface area contributed by atoms with Gasteiger partial charge in [0.1, 0.15) is 11.3 Å². The fourth-order valence-electron chi connectivity index (χ4n) is 4.64. The molecule has 0 N–H and O–H groups in total. The fourth-order valence-corrected chi connectivity index (χ4v) is 5.36. The molecule has 150 valence electrons. The smallest absolute Gasteiger partial charge is 0.143 e. The maximum absolute atomic E-state index is 6.74. The van der Waals surface area contributed by atoms with Crippen LogP contribution in [0.5, 0.6) is 0 Å². The zero-order valence-electron chi connectivity index (χ0n) is 16.7. The van der Waals surface area contributed by atoms with Crippen LogP contribution in [0.1, 0.15) is 18.4 Å². The van der Waals surface area contributed by atoms with Crippen LogP contribution in [0.15, 0.2) is 98.3 Å². The number of rotatable bonds is 2. The second-order valence-electron chi connectivity index (χ2n) is 7.90. The lowest BCUT2D eigenvalue weighted by molar-refractivity contribution is 0.634. The maximum atomic E-state index is 6.74. The Hall–Kier alpha value is -2.62. The molecule has 0 fully saturated rings. The summed E-state index contributed by atoms with van der Waals surface area (Å²) in [6.45, 7) is 0. The fraction of sp³-hybridized carbons (Fsp3) is 0.0714. The monoisotopic (exact) mass is 528 g/mol. The quantitative estimate of drug-likeness (QED) is 0.207. The van der Waals surface area contributed by atoms with Crippen molar-refractivity contribution in [3.8, 4) is 11.3 Å². The highest BCUT2D eigenvalue weighted by Crippen LogP contribution is 2.46. The summed E-state index contributed by atoms with van der Waals surface area (Å²) in [5.74, 6) is 0.933. The van der Waals surface area contributed by atoms with Crippen LogP contribution < -0.4 is 0 Å². The second-order valence-corrected chi connectivity index (χ2v) is 9.73. The Morgan fingerprint density at radius 1 is 0.710 bits per heavy atom. The number of furan rings is 1. The topological polar surface area (TPSA) is 13.1 Å². The van der Waals surface area contributed by atoms with Crippen molar-refractivity contribution < 1.29 is 4.42 Å². The van der Waals surface area contributed by atoms with Crippen LogP contribution in [-0.4, -0.2) is 0 Å². The van der Waals surface area contributed by atoms with E-state index < -0.39 is 0 Å². The molecule has 3 heteroatoms. The van der Waals surface area contributed by atoms with Crippen molar-refractivity contribution in [3.05, 3.63) is 99.5 Å². The lowest BCUT2D eigenvalue weighted by Gasteiger charge is -2.11. The molecule has 6 rings (SSSR count). The maximum Gasteiger partial charge on any atom is 0.143 e. The number of halogens is 2. The molecule has 1 aromatic heterocycles. The van der Waals surface area contributed by atoms with Gasteiger partial charge in [-0.15, -0.1) is 0 Å². The Kier molecular flexibility index (Phi) is 4.62. The van der Waals surface area contributed by atoms with Gasteiger partial charge in [-0.2, -0.15) is 0 Å². The molecule has 0 radical (unpaired) electrons. The van der Waals surface area contributed by atoms with E-state index in [2.05, 4.69) is 111 Å². The van der Waals surface area contributed by atoms with E-state index in [1.807, 2.05) is 6.07 Å². The Bertz CT molecular complexity index is 1540. The number of fused-ring (bicyclic) bond motifs is 6. The van der Waals surface area contributed by atoms with E-state index in [0.717, 1.165) is 44.1 Å². The first-order valence-electron chi connectivity index (χ1n) is 10.4. The van der Waals surface area contributed by atoms with Crippen LogP contribution in [0.3, 0.4) is 0 Å². The van der Waals surface area contributed by atoms with Crippen LogP contribution in [0.4, 0.5) is 0 Å². The minimum Gasteiger partial charge on any atom is -0.455 e. The second kappa shape index (κ2) is 7.51. The zero-order valence-corrected chi connectivity index (χ0v) is 19.8. The molecule has 0 bridgehead atoms. The van der Waals surface area contributed by atoms with Crippen molar-refractivity contribution in [2.24, 2.45) is 0 Å². The molecule has 0 unspecified atom stereocenters. The van der Waals surface area contributed by atoms with E-state index in [1.165, 1.54) is 32.7 Å². The summed E-state index contributed by atoms with van der Waals surface area (Å²) < 4.78 is 8.86. The van der Waals surface area contributed by atoms with Crippen LogP contribution in [-0.2, 0) is 0 Å². The third kappa shape index (κ3) is 3.10. The minimum absolute atomic E-state index is 0.933. The predicted molar refractivity (Wildman–Crippen MR) is 138 cm³/mol. The molecule has 0 spiro atoms. The van der Waals surface area contributed by atoms with Crippen molar-refractivity contribution in [1.82, 2.24) is 0 Å². The lowest BCUT2D eigenvalue weighted by Crippen LogP contribution is -1.89. The molecule has 1 aliphatic rings. The van der Waals surface area contributed by atoms with E-state index in [9.17, 15) is 0 Å². The third-order valence-corrected chi connectivity index (χ3v) is 6.98. The van der Waals surface area contributed by atoms with E-state index >= 15 is 0 Å². The summed E-state index contributed by atoms with van der Waals surface area (Å²) in [6, 6.07) is 23.4. The summed E-state index contributed by atoms with van der Waals surface area (Å²) >= 11 is 7.37. The third-order valence-electron chi connectivity index (χ3n) is 6.00. The van der Waals surface area contributed by atoms with E-state index in [-0.39, 0.29) is 0 Å². The molecule has 0 saturated carbocycles. The van der Waals surface area contributed by atoms with Gasteiger partial charge >= 0.3 is 0 Å². The molecular weight excluding hydrogens is 512 g/mol. The van der Waals surface area contributed by atoms with Gasteiger partial charge in [0.25, 0.3) is 0 Å². The standard InChI is InChI=1S/C28H18Br2O/c29-19-11-13-21-22-14-12-20(30)16-24(22)28-26(23(21)15-19)25(17-7-3-1-4-8-17)27(31-28)18-9-5-2-6-10-18/h2-3,5-16H,1,4H2. The Balaban J connectivity index is 1.88. The van der Waals surface area contributed by atoms with E-state index in [4.69, 9.17) is 4.42 Å². The van der Waals surface area contributed by atoms with Crippen LogP contribution in [0.25, 0.3) is 49.4 Å². The number of hydrogen-bond donors (Lipinski definition) is 0. The highest BCUT2D eigenvalue weighted by molar-refractivity contribution is 9.10. The largest absolute Gasteiger partial charge is 0.455 e. The van der Waals surface area contributed by atoms with Gasteiger partial charge < -0.3 is 4.42 Å². The van der Waals surface area contributed by atoms with Gasteiger partial charge in [0.05, 0.1) is 0 Å². The van der Waals surface area contributed by atoms with Crippen LogP contribution >= 0.6 is 31.9 Å². The van der Waals surface area contributed by atoms with E-state index in [0.29, 0.717) is 0 Å². The zero-order chi connectivity index (χ0) is 20.9. The van der Waals surface area contributed by atoms with Crippen molar-refractivity contribution in [1.29, 1.82) is 0 Å². The van der Waals surface area contributed by atoms with Crippen LogP contribution in [0.2, 0.25) is 0 Å². The summed E-state index contributed by atoms with van der Waals surface area (Å²) in [4.78, 5) is 0. The van der Waals surface area contributed by atoms with Gasteiger partial charge in [-0.25, -0.2) is 0 Å². The normalized spacial score (nSPS) is 13.9. The van der Waals surface area contributed by atoms with Gasteiger partial charge in [-0.1, -0.05) is 92.6 Å². The molecule has 1 heterocycles. The van der Waals surface area contributed by atoms with Crippen molar-refractivity contribution >= 4 is 69.9 Å². The summed E-state index contributed by atoms with van der Waals surface area (Å²) in [5.41, 5.74) is 4.46. The van der Waals surface area contributed by atoms with Crippen molar-refractivity contribution in [3.63, 3.8) is 0 Å². The molecule has 5 aromatic rings. The van der Waals surface area contributed by atoms with Gasteiger partial charge in [0, 0.05) is 30.8 Å². The summed E-state index contributed by atoms with van der Waals surface area (Å²) in [5, 5.41) is 5.95. The average molecular weight is 530 g/mol. The first-order chi connectivity index (χ1) is 15.2. The van der Waals surface area contributed by atoms with Crippen LogP contribution in [0, 0.1) is 0 Å². The molecular formula is C28H18Br2O. The summed E-state index contributed by atoms with van der Waals surface area (Å²) in [7, 11) is 0. The number of benzene rings is 4. The number of hydrogen-bond acceptors (Lipinski definition) is 1. The van der Waals surface area contributed by atoms with Crippen molar-refractivity contribution in [2.45, 2.75) is 12.8 Å². The highest BCUT2D eigenvalue weighted by Gasteiger charge is 2.23. The molecule has 0 aliphatic heterocycles. The molecule has 31 heavy (non-hydrogen) atoms. The molecule has 1 aliphatic carbocycles. The highest BCUT2D eigenvalue weighted by atomic mass is 79.9. The molecule has 0 atom stereocenters. The Morgan fingerprint density at radius 2 is 1.42 bits per heavy atom. The SMILES string of the molecule is Brc1ccc2c3ccc(Br)cc3c3c(C4=CCCC=C4)c(-c4ccccc4)oc3c2c1. The van der Waals surface area contributed by atoms with Gasteiger partial charge in [-0.3, -0.25) is 0 Å². The lowest BCUT2D eigenvalue weighted by atomic mass is 9.90. The molecule has 0 amide bonds. The Labute approximate surface area is 197 Å². The summed E-state index contributed by atoms with van der Waals surface area (Å²) in [6.07, 6.45) is 8.98. The minimum atomic E-state index is 0.933. The van der Waals surface area contributed by atoms with E-state index in [1.54, 1.807) is 0 Å². The first-order valence-corrected chi connectivity index (χ1v) is 12.0. The van der Waals surface area contributed by atoms with Crippen molar-refractivity contribution in [2.75, 3.05) is 0 Å². The molecule has 1 nitrogen and oxygen atoms in total. The van der Waals surface area contributed by atoms with Gasteiger partial charge in [0.15, 0.2) is 0 Å². The average Bonchev–Trinajstić information content (AvgIpc) is 3.21. The molecule has 4 aromatic carbocycles. The van der Waals surface area contributed by atoms with Gasteiger partial charge in [-0.05, 0) is 58.8 Å². The molecule has 0 saturated heterocycles. The predicted octanol–water partition coefficient (Wildman–Crippen LogP) is 9.66.